The van der Waals surface area contributed by atoms with Gasteiger partial charge in [-0.1, -0.05) is 20.8 Å². The first-order valence-electron chi connectivity index (χ1n) is 5.16. The topological polar surface area (TPSA) is 72.5 Å². The summed E-state index contributed by atoms with van der Waals surface area (Å²) in [5.74, 6) is 0.606. The number of anilines is 1. The lowest BCUT2D eigenvalue weighted by Crippen LogP contribution is -2.13. The van der Waals surface area contributed by atoms with Crippen LogP contribution in [0.2, 0.25) is 0 Å². The number of aryl methyl sites for hydroxylation is 1. The van der Waals surface area contributed by atoms with E-state index in [1.54, 1.807) is 0 Å². The molecule has 0 fully saturated rings. The molecule has 2 heterocycles. The van der Waals surface area contributed by atoms with Gasteiger partial charge in [0.25, 0.3) is 0 Å². The molecule has 0 saturated heterocycles. The Kier molecular flexibility index (Phi) is 1.99. The number of H-pyrrole nitrogens is 1. The molecule has 0 unspecified atom stereocenters. The van der Waals surface area contributed by atoms with E-state index in [-0.39, 0.29) is 5.41 Å². The SMILES string of the molecule is CCn1nc(C(C)(C)C)c2c(N)[nH]nc21. The molecule has 0 bridgehead atoms. The highest BCUT2D eigenvalue weighted by Crippen LogP contribution is 2.31. The van der Waals surface area contributed by atoms with Gasteiger partial charge in [0.05, 0.1) is 11.1 Å². The van der Waals surface area contributed by atoms with E-state index < -0.39 is 0 Å². The van der Waals surface area contributed by atoms with Crippen molar-refractivity contribution < 1.29 is 0 Å². The predicted molar refractivity (Wildman–Crippen MR) is 60.7 cm³/mol. The van der Waals surface area contributed by atoms with E-state index in [0.717, 1.165) is 23.3 Å². The molecule has 2 aromatic heterocycles. The second kappa shape index (κ2) is 2.98. The molecule has 2 rings (SSSR count). The maximum Gasteiger partial charge on any atom is 0.182 e. The van der Waals surface area contributed by atoms with Gasteiger partial charge in [0.2, 0.25) is 0 Å². The highest BCUT2D eigenvalue weighted by Gasteiger charge is 2.25. The van der Waals surface area contributed by atoms with Crippen molar-refractivity contribution >= 4 is 16.9 Å². The minimum Gasteiger partial charge on any atom is -0.383 e. The maximum absolute atomic E-state index is 5.87. The van der Waals surface area contributed by atoms with Crippen molar-refractivity contribution in [2.24, 2.45) is 0 Å². The molecule has 2 aromatic rings. The van der Waals surface area contributed by atoms with Gasteiger partial charge >= 0.3 is 0 Å². The molecule has 0 spiro atoms. The molecular formula is C10H17N5. The Morgan fingerprint density at radius 3 is 2.60 bits per heavy atom. The van der Waals surface area contributed by atoms with Crippen molar-refractivity contribution in [3.63, 3.8) is 0 Å². The average Bonchev–Trinajstić information content (AvgIpc) is 2.65. The van der Waals surface area contributed by atoms with Crippen molar-refractivity contribution in [3.8, 4) is 0 Å². The van der Waals surface area contributed by atoms with Gasteiger partial charge in [-0.3, -0.25) is 5.10 Å². The van der Waals surface area contributed by atoms with Gasteiger partial charge in [0.1, 0.15) is 5.82 Å². The van der Waals surface area contributed by atoms with E-state index >= 15 is 0 Å². The van der Waals surface area contributed by atoms with Crippen molar-refractivity contribution in [1.29, 1.82) is 0 Å². The summed E-state index contributed by atoms with van der Waals surface area (Å²) >= 11 is 0. The quantitative estimate of drug-likeness (QED) is 0.747. The van der Waals surface area contributed by atoms with Crippen molar-refractivity contribution in [2.75, 3.05) is 5.73 Å². The normalized spacial score (nSPS) is 12.5. The lowest BCUT2D eigenvalue weighted by Gasteiger charge is -2.15. The van der Waals surface area contributed by atoms with Crippen LogP contribution in [0.4, 0.5) is 5.82 Å². The van der Waals surface area contributed by atoms with Crippen LogP contribution in [-0.4, -0.2) is 20.0 Å². The summed E-state index contributed by atoms with van der Waals surface area (Å²) in [4.78, 5) is 0. The van der Waals surface area contributed by atoms with Crippen LogP contribution in [0.1, 0.15) is 33.4 Å². The molecule has 0 radical (unpaired) electrons. The lowest BCUT2D eigenvalue weighted by molar-refractivity contribution is 0.545. The van der Waals surface area contributed by atoms with E-state index in [9.17, 15) is 0 Å². The molecule has 5 nitrogen and oxygen atoms in total. The van der Waals surface area contributed by atoms with Gasteiger partial charge in [-0.15, -0.1) is 0 Å². The van der Waals surface area contributed by atoms with Crippen LogP contribution >= 0.6 is 0 Å². The van der Waals surface area contributed by atoms with E-state index in [0.29, 0.717) is 5.82 Å². The lowest BCUT2D eigenvalue weighted by atomic mass is 9.91. The monoisotopic (exact) mass is 207 g/mol. The fourth-order valence-electron chi connectivity index (χ4n) is 1.73. The molecule has 0 aliphatic carbocycles. The second-order valence-electron chi connectivity index (χ2n) is 4.75. The highest BCUT2D eigenvalue weighted by molar-refractivity contribution is 5.89. The summed E-state index contributed by atoms with van der Waals surface area (Å²) in [7, 11) is 0. The molecule has 15 heavy (non-hydrogen) atoms. The Morgan fingerprint density at radius 2 is 2.07 bits per heavy atom. The summed E-state index contributed by atoms with van der Waals surface area (Å²) in [6.07, 6.45) is 0. The second-order valence-corrected chi connectivity index (χ2v) is 4.75. The predicted octanol–water partition coefficient (Wildman–Crippen LogP) is 1.66. The van der Waals surface area contributed by atoms with E-state index in [2.05, 4.69) is 36.1 Å². The van der Waals surface area contributed by atoms with Crippen LogP contribution < -0.4 is 5.73 Å². The van der Waals surface area contributed by atoms with Crippen LogP contribution in [0.3, 0.4) is 0 Å². The third-order valence-electron chi connectivity index (χ3n) is 2.49. The number of aromatic nitrogens is 4. The Balaban J connectivity index is 2.79. The summed E-state index contributed by atoms with van der Waals surface area (Å²) in [5, 5.41) is 12.5. The number of nitrogen functional groups attached to an aromatic ring is 1. The smallest absolute Gasteiger partial charge is 0.182 e. The van der Waals surface area contributed by atoms with Crippen LogP contribution in [0, 0.1) is 0 Å². The first kappa shape index (κ1) is 10.0. The minimum atomic E-state index is -0.0172. The summed E-state index contributed by atoms with van der Waals surface area (Å²) in [6.45, 7) is 9.23. The number of nitrogens with zero attached hydrogens (tertiary/aromatic N) is 3. The highest BCUT2D eigenvalue weighted by atomic mass is 15.3. The molecule has 82 valence electrons. The van der Waals surface area contributed by atoms with Crippen molar-refractivity contribution in [2.45, 2.75) is 39.7 Å². The first-order chi connectivity index (χ1) is 6.95. The molecule has 0 aliphatic heterocycles. The van der Waals surface area contributed by atoms with E-state index in [1.807, 2.05) is 11.6 Å². The third-order valence-corrected chi connectivity index (χ3v) is 2.49. The Hall–Kier alpha value is -1.52. The molecular weight excluding hydrogens is 190 g/mol. The molecule has 0 aliphatic rings. The number of nitrogens with two attached hydrogens (primary N) is 1. The molecule has 0 amide bonds. The van der Waals surface area contributed by atoms with Gasteiger partial charge in [-0.2, -0.15) is 10.2 Å². The summed E-state index contributed by atoms with van der Waals surface area (Å²) in [5.41, 5.74) is 7.71. The minimum absolute atomic E-state index is 0.0172. The van der Waals surface area contributed by atoms with Gasteiger partial charge in [-0.25, -0.2) is 4.68 Å². The zero-order valence-corrected chi connectivity index (χ0v) is 9.63. The van der Waals surface area contributed by atoms with Crippen LogP contribution in [0.25, 0.3) is 11.0 Å². The molecule has 0 saturated carbocycles. The van der Waals surface area contributed by atoms with Gasteiger partial charge in [0, 0.05) is 12.0 Å². The first-order valence-corrected chi connectivity index (χ1v) is 5.16. The standard InChI is InChI=1S/C10H17N5/c1-5-15-9-6(8(11)12-13-9)7(14-15)10(2,3)4/h5H2,1-4H3,(H3,11,12,13). The number of nitrogens with one attached hydrogen (secondary N) is 1. The van der Waals surface area contributed by atoms with Crippen LogP contribution in [0.15, 0.2) is 0 Å². The summed E-state index contributed by atoms with van der Waals surface area (Å²) < 4.78 is 1.88. The largest absolute Gasteiger partial charge is 0.383 e. The number of hydrogen-bond donors (Lipinski definition) is 2. The van der Waals surface area contributed by atoms with Gasteiger partial charge < -0.3 is 5.73 Å². The Morgan fingerprint density at radius 1 is 1.40 bits per heavy atom. The zero-order chi connectivity index (χ0) is 11.2. The van der Waals surface area contributed by atoms with Crippen molar-refractivity contribution in [1.82, 2.24) is 20.0 Å². The number of fused-ring (bicyclic) bond motifs is 1. The van der Waals surface area contributed by atoms with E-state index in [1.165, 1.54) is 0 Å². The van der Waals surface area contributed by atoms with Crippen molar-refractivity contribution in [3.05, 3.63) is 5.69 Å². The molecule has 0 aromatic carbocycles. The molecule has 0 atom stereocenters. The fourth-order valence-corrected chi connectivity index (χ4v) is 1.73. The zero-order valence-electron chi connectivity index (χ0n) is 9.63. The van der Waals surface area contributed by atoms with Gasteiger partial charge in [0.15, 0.2) is 5.65 Å². The van der Waals surface area contributed by atoms with Crippen LogP contribution in [-0.2, 0) is 12.0 Å². The third kappa shape index (κ3) is 1.38. The van der Waals surface area contributed by atoms with Crippen LogP contribution in [0.5, 0.6) is 0 Å². The fraction of sp³-hybridized carbons (Fsp3) is 0.600. The Bertz CT molecular complexity index is 486. The summed E-state index contributed by atoms with van der Waals surface area (Å²) in [6, 6.07) is 0. The Labute approximate surface area is 88.6 Å². The maximum atomic E-state index is 5.87. The number of aromatic amines is 1. The molecule has 5 heteroatoms. The average molecular weight is 207 g/mol. The number of rotatable bonds is 1. The van der Waals surface area contributed by atoms with E-state index in [4.69, 9.17) is 5.73 Å². The van der Waals surface area contributed by atoms with Gasteiger partial charge in [-0.05, 0) is 6.92 Å². The molecule has 3 N–H and O–H groups in total. The number of hydrogen-bond acceptors (Lipinski definition) is 3.